The summed E-state index contributed by atoms with van der Waals surface area (Å²) in [6.45, 7) is 6.06. The fourth-order valence-corrected chi connectivity index (χ4v) is 3.90. The molecule has 3 aromatic carbocycles. The highest BCUT2D eigenvalue weighted by Gasteiger charge is 2.39. The third kappa shape index (κ3) is 4.90. The summed E-state index contributed by atoms with van der Waals surface area (Å²) in [5.41, 5.74) is 3.67. The van der Waals surface area contributed by atoms with E-state index in [0.717, 1.165) is 16.0 Å². The molecular formula is C27H24ClN3O4. The van der Waals surface area contributed by atoms with Crippen molar-refractivity contribution in [1.82, 2.24) is 0 Å². The first-order valence-corrected chi connectivity index (χ1v) is 11.4. The zero-order valence-electron chi connectivity index (χ0n) is 19.5. The standard InChI is InChI=1S/C27H24ClN3O4/c1-4-35-22-8-6-5-7-20(22)30-25(32)18-11-13-19(14-12-18)29-24-23(28)26(33)31(27(24)34)21-15-16(2)9-10-17(21)3/h5-15,29H,4H2,1-3H3,(H,30,32). The number of nitrogens with zero attached hydrogens (tertiary/aromatic N) is 1. The van der Waals surface area contributed by atoms with Gasteiger partial charge in [-0.15, -0.1) is 0 Å². The fraction of sp³-hybridized carbons (Fsp3) is 0.148. The molecule has 0 saturated heterocycles. The molecule has 4 rings (SSSR count). The van der Waals surface area contributed by atoms with Crippen molar-refractivity contribution in [1.29, 1.82) is 0 Å². The lowest BCUT2D eigenvalue weighted by Crippen LogP contribution is -2.32. The van der Waals surface area contributed by atoms with E-state index >= 15 is 0 Å². The van der Waals surface area contributed by atoms with Crippen LogP contribution in [0.4, 0.5) is 17.1 Å². The Morgan fingerprint density at radius 1 is 0.971 bits per heavy atom. The minimum Gasteiger partial charge on any atom is -0.492 e. The van der Waals surface area contributed by atoms with Crippen molar-refractivity contribution in [2.45, 2.75) is 20.8 Å². The Labute approximate surface area is 208 Å². The van der Waals surface area contributed by atoms with Crippen molar-refractivity contribution < 1.29 is 19.1 Å². The molecule has 2 N–H and O–H groups in total. The molecule has 1 aliphatic rings. The van der Waals surface area contributed by atoms with Crippen molar-refractivity contribution >= 4 is 46.4 Å². The van der Waals surface area contributed by atoms with Gasteiger partial charge in [-0.1, -0.05) is 35.9 Å². The molecule has 8 heteroatoms. The van der Waals surface area contributed by atoms with Gasteiger partial charge in [-0.25, -0.2) is 4.90 Å². The molecule has 0 aromatic heterocycles. The molecule has 1 heterocycles. The third-order valence-electron chi connectivity index (χ3n) is 5.48. The quantitative estimate of drug-likeness (QED) is 0.434. The summed E-state index contributed by atoms with van der Waals surface area (Å²) in [7, 11) is 0. The Morgan fingerprint density at radius 2 is 1.69 bits per heavy atom. The number of anilines is 3. The second kappa shape index (κ2) is 10.0. The Morgan fingerprint density at radius 3 is 2.40 bits per heavy atom. The lowest BCUT2D eigenvalue weighted by Gasteiger charge is -2.18. The monoisotopic (exact) mass is 489 g/mol. The SMILES string of the molecule is CCOc1ccccc1NC(=O)c1ccc(NC2=C(Cl)C(=O)N(c3cc(C)ccc3C)C2=O)cc1. The number of para-hydroxylation sites is 2. The highest BCUT2D eigenvalue weighted by atomic mass is 35.5. The number of ether oxygens (including phenoxy) is 1. The predicted octanol–water partition coefficient (Wildman–Crippen LogP) is 5.39. The molecule has 35 heavy (non-hydrogen) atoms. The van der Waals surface area contributed by atoms with E-state index in [-0.39, 0.29) is 16.6 Å². The Balaban J connectivity index is 1.50. The molecular weight excluding hydrogens is 466 g/mol. The predicted molar refractivity (Wildman–Crippen MR) is 137 cm³/mol. The molecule has 0 fully saturated rings. The Bertz CT molecular complexity index is 1350. The molecule has 0 spiro atoms. The van der Waals surface area contributed by atoms with E-state index in [0.29, 0.717) is 35.0 Å². The number of benzene rings is 3. The number of hydrogen-bond acceptors (Lipinski definition) is 5. The fourth-order valence-electron chi connectivity index (χ4n) is 3.69. The summed E-state index contributed by atoms with van der Waals surface area (Å²) < 4.78 is 5.54. The molecule has 178 valence electrons. The van der Waals surface area contributed by atoms with Crippen LogP contribution in [0.1, 0.15) is 28.4 Å². The average molecular weight is 490 g/mol. The molecule has 0 bridgehead atoms. The van der Waals surface area contributed by atoms with Crippen LogP contribution in [0.5, 0.6) is 5.75 Å². The summed E-state index contributed by atoms with van der Waals surface area (Å²) in [6, 6.07) is 19.2. The summed E-state index contributed by atoms with van der Waals surface area (Å²) in [5.74, 6) is -0.852. The summed E-state index contributed by atoms with van der Waals surface area (Å²) >= 11 is 6.25. The molecule has 3 aromatic rings. The number of halogens is 1. The van der Waals surface area contributed by atoms with Crippen molar-refractivity contribution in [2.24, 2.45) is 0 Å². The number of carbonyl (C=O) groups is 3. The van der Waals surface area contributed by atoms with Crippen molar-refractivity contribution in [3.05, 3.63) is 94.1 Å². The first-order chi connectivity index (χ1) is 16.8. The maximum Gasteiger partial charge on any atom is 0.283 e. The largest absolute Gasteiger partial charge is 0.492 e. The van der Waals surface area contributed by atoms with Crippen molar-refractivity contribution in [3.8, 4) is 5.75 Å². The maximum absolute atomic E-state index is 13.1. The van der Waals surface area contributed by atoms with Crippen LogP contribution >= 0.6 is 11.6 Å². The topological polar surface area (TPSA) is 87.7 Å². The van der Waals surface area contributed by atoms with Gasteiger partial charge in [0.25, 0.3) is 17.7 Å². The van der Waals surface area contributed by atoms with E-state index in [4.69, 9.17) is 16.3 Å². The van der Waals surface area contributed by atoms with Gasteiger partial charge in [-0.05, 0) is 74.4 Å². The van der Waals surface area contributed by atoms with Gasteiger partial charge in [0.2, 0.25) is 0 Å². The average Bonchev–Trinajstić information content (AvgIpc) is 3.05. The second-order valence-corrected chi connectivity index (χ2v) is 8.39. The molecule has 0 atom stereocenters. The van der Waals surface area contributed by atoms with E-state index in [2.05, 4.69) is 10.6 Å². The first-order valence-electron chi connectivity index (χ1n) is 11.1. The van der Waals surface area contributed by atoms with Crippen LogP contribution in [-0.2, 0) is 9.59 Å². The first kappa shape index (κ1) is 24.0. The van der Waals surface area contributed by atoms with Gasteiger partial charge >= 0.3 is 0 Å². The summed E-state index contributed by atoms with van der Waals surface area (Å²) in [4.78, 5) is 39.6. The molecule has 7 nitrogen and oxygen atoms in total. The van der Waals surface area contributed by atoms with Crippen LogP contribution in [0.25, 0.3) is 0 Å². The number of aryl methyl sites for hydroxylation is 2. The van der Waals surface area contributed by atoms with Crippen LogP contribution in [-0.4, -0.2) is 24.3 Å². The Hall–Kier alpha value is -4.10. The van der Waals surface area contributed by atoms with Gasteiger partial charge in [0, 0.05) is 11.3 Å². The van der Waals surface area contributed by atoms with Crippen molar-refractivity contribution in [2.75, 3.05) is 22.1 Å². The van der Waals surface area contributed by atoms with Crippen LogP contribution in [0.15, 0.2) is 77.5 Å². The lowest BCUT2D eigenvalue weighted by atomic mass is 10.1. The van der Waals surface area contributed by atoms with Gasteiger partial charge in [-0.3, -0.25) is 14.4 Å². The lowest BCUT2D eigenvalue weighted by molar-refractivity contribution is -0.120. The number of nitrogens with one attached hydrogen (secondary N) is 2. The maximum atomic E-state index is 13.1. The molecule has 0 saturated carbocycles. The van der Waals surface area contributed by atoms with Crippen LogP contribution < -0.4 is 20.3 Å². The van der Waals surface area contributed by atoms with Crippen LogP contribution in [0, 0.1) is 13.8 Å². The number of hydrogen-bond donors (Lipinski definition) is 2. The number of carbonyl (C=O) groups excluding carboxylic acids is 3. The van der Waals surface area contributed by atoms with Crippen molar-refractivity contribution in [3.63, 3.8) is 0 Å². The van der Waals surface area contributed by atoms with Gasteiger partial charge in [0.1, 0.15) is 16.5 Å². The van der Waals surface area contributed by atoms with E-state index in [1.807, 2.05) is 45.0 Å². The van der Waals surface area contributed by atoms with Crippen LogP contribution in [0.2, 0.25) is 0 Å². The van der Waals surface area contributed by atoms with E-state index in [1.165, 1.54) is 0 Å². The zero-order chi connectivity index (χ0) is 25.1. The Kier molecular flexibility index (Phi) is 6.89. The third-order valence-corrected chi connectivity index (χ3v) is 5.84. The normalized spacial score (nSPS) is 13.3. The van der Waals surface area contributed by atoms with Gasteiger partial charge in [0.05, 0.1) is 18.0 Å². The highest BCUT2D eigenvalue weighted by Crippen LogP contribution is 2.32. The van der Waals surface area contributed by atoms with E-state index < -0.39 is 11.8 Å². The number of amides is 3. The highest BCUT2D eigenvalue weighted by molar-refractivity contribution is 6.53. The molecule has 1 aliphatic heterocycles. The minimum atomic E-state index is -0.586. The van der Waals surface area contributed by atoms with Gasteiger partial charge < -0.3 is 15.4 Å². The van der Waals surface area contributed by atoms with Gasteiger partial charge in [-0.2, -0.15) is 0 Å². The molecule has 0 unspecified atom stereocenters. The molecule has 3 amide bonds. The van der Waals surface area contributed by atoms with E-state index in [9.17, 15) is 14.4 Å². The van der Waals surface area contributed by atoms with E-state index in [1.54, 1.807) is 42.5 Å². The van der Waals surface area contributed by atoms with Crippen LogP contribution in [0.3, 0.4) is 0 Å². The second-order valence-electron chi connectivity index (χ2n) is 8.01. The molecule has 0 radical (unpaired) electrons. The summed E-state index contributed by atoms with van der Waals surface area (Å²) in [5, 5.41) is 5.58. The number of imide groups is 1. The smallest absolute Gasteiger partial charge is 0.283 e. The summed E-state index contributed by atoms with van der Waals surface area (Å²) in [6.07, 6.45) is 0. The zero-order valence-corrected chi connectivity index (χ0v) is 20.3. The minimum absolute atomic E-state index is 0.0135. The van der Waals surface area contributed by atoms with Gasteiger partial charge in [0.15, 0.2) is 0 Å². The molecule has 0 aliphatic carbocycles. The number of rotatable bonds is 7.